The normalized spacial score (nSPS) is 11.5. The van der Waals surface area contributed by atoms with Crippen LogP contribution in [-0.4, -0.2) is 9.78 Å². The van der Waals surface area contributed by atoms with E-state index >= 15 is 0 Å². The summed E-state index contributed by atoms with van der Waals surface area (Å²) in [5.74, 6) is 0.622. The molecule has 0 N–H and O–H groups in total. The molecular weight excluding hydrogens is 252 g/mol. The smallest absolute Gasteiger partial charge is 0.0685 e. The topological polar surface area (TPSA) is 17.8 Å². The monoisotopic (exact) mass is 266 g/mol. The van der Waals surface area contributed by atoms with Crippen LogP contribution in [0.5, 0.6) is 0 Å². The highest BCUT2D eigenvalue weighted by Crippen LogP contribution is 2.24. The van der Waals surface area contributed by atoms with Crippen LogP contribution in [0, 0.1) is 12.8 Å². The van der Waals surface area contributed by atoms with Crippen molar-refractivity contribution in [3.63, 3.8) is 0 Å². The third-order valence-corrected chi connectivity index (χ3v) is 3.31. The van der Waals surface area contributed by atoms with Gasteiger partial charge in [-0.1, -0.05) is 29.8 Å². The highest BCUT2D eigenvalue weighted by atomic mass is 79.9. The molecule has 1 aromatic heterocycles. The molecule has 0 fully saturated rings. The third kappa shape index (κ3) is 2.07. The van der Waals surface area contributed by atoms with Crippen LogP contribution in [0.3, 0.4) is 0 Å². The highest BCUT2D eigenvalue weighted by Gasteiger charge is 2.06. The van der Waals surface area contributed by atoms with Crippen molar-refractivity contribution in [2.45, 2.75) is 27.3 Å². The first-order valence-corrected chi connectivity index (χ1v) is 5.99. The summed E-state index contributed by atoms with van der Waals surface area (Å²) in [5, 5.41) is 5.62. The Kier molecular flexibility index (Phi) is 2.83. The maximum atomic E-state index is 4.41. The molecule has 2 rings (SSSR count). The predicted octanol–water partition coefficient (Wildman–Crippen LogP) is 3.76. The summed E-state index contributed by atoms with van der Waals surface area (Å²) in [7, 11) is 0. The molecule has 0 spiro atoms. The van der Waals surface area contributed by atoms with Gasteiger partial charge in [0.15, 0.2) is 0 Å². The molecule has 80 valence electrons. The van der Waals surface area contributed by atoms with Gasteiger partial charge in [0.2, 0.25) is 0 Å². The summed E-state index contributed by atoms with van der Waals surface area (Å²) in [6.45, 7) is 7.50. The van der Waals surface area contributed by atoms with Crippen molar-refractivity contribution in [3.8, 4) is 0 Å². The largest absolute Gasteiger partial charge is 0.265 e. The molecule has 0 unspecified atom stereocenters. The summed E-state index contributed by atoms with van der Waals surface area (Å²) < 4.78 is 3.23. The van der Waals surface area contributed by atoms with E-state index in [0.29, 0.717) is 5.92 Å². The first-order valence-electron chi connectivity index (χ1n) is 5.19. The lowest BCUT2D eigenvalue weighted by molar-refractivity contribution is 0.495. The van der Waals surface area contributed by atoms with Crippen molar-refractivity contribution in [1.29, 1.82) is 0 Å². The van der Waals surface area contributed by atoms with E-state index in [-0.39, 0.29) is 0 Å². The number of hydrogen-bond donors (Lipinski definition) is 0. The average molecular weight is 267 g/mol. The second kappa shape index (κ2) is 3.97. The van der Waals surface area contributed by atoms with Crippen molar-refractivity contribution in [2.24, 2.45) is 5.92 Å². The number of nitrogens with zero attached hydrogens (tertiary/aromatic N) is 2. The minimum atomic E-state index is 0.622. The summed E-state index contributed by atoms with van der Waals surface area (Å²) >= 11 is 3.54. The van der Waals surface area contributed by atoms with Crippen LogP contribution < -0.4 is 0 Å². The lowest BCUT2D eigenvalue weighted by Crippen LogP contribution is -2.05. The standard InChI is InChI=1S/C12H15BrN2/c1-8(2)7-15-12-4-9(3)11(13)5-10(12)6-14-15/h4-6,8H,7H2,1-3H3. The molecule has 2 nitrogen and oxygen atoms in total. The first kappa shape index (κ1) is 10.7. The fourth-order valence-electron chi connectivity index (χ4n) is 1.69. The third-order valence-electron chi connectivity index (χ3n) is 2.46. The van der Waals surface area contributed by atoms with E-state index in [1.807, 2.05) is 6.20 Å². The van der Waals surface area contributed by atoms with Gasteiger partial charge in [-0.2, -0.15) is 5.10 Å². The fourth-order valence-corrected chi connectivity index (χ4v) is 2.06. The number of halogens is 1. The Morgan fingerprint density at radius 2 is 2.13 bits per heavy atom. The van der Waals surface area contributed by atoms with E-state index in [1.54, 1.807) is 0 Å². The van der Waals surface area contributed by atoms with Crippen molar-refractivity contribution in [3.05, 3.63) is 28.4 Å². The zero-order valence-corrected chi connectivity index (χ0v) is 10.9. The molecule has 0 aliphatic rings. The molecule has 0 saturated carbocycles. The van der Waals surface area contributed by atoms with Crippen molar-refractivity contribution >= 4 is 26.8 Å². The number of aryl methyl sites for hydroxylation is 1. The van der Waals surface area contributed by atoms with Gasteiger partial charge in [0, 0.05) is 16.4 Å². The molecule has 0 saturated heterocycles. The predicted molar refractivity (Wildman–Crippen MR) is 67.0 cm³/mol. The second-order valence-electron chi connectivity index (χ2n) is 4.38. The maximum Gasteiger partial charge on any atom is 0.0685 e. The highest BCUT2D eigenvalue weighted by molar-refractivity contribution is 9.10. The number of benzene rings is 1. The van der Waals surface area contributed by atoms with Crippen LogP contribution in [0.4, 0.5) is 0 Å². The number of fused-ring (bicyclic) bond motifs is 1. The fraction of sp³-hybridized carbons (Fsp3) is 0.417. The Morgan fingerprint density at radius 3 is 2.80 bits per heavy atom. The Hall–Kier alpha value is -0.830. The Bertz CT molecular complexity index is 486. The van der Waals surface area contributed by atoms with E-state index in [0.717, 1.165) is 11.0 Å². The van der Waals surface area contributed by atoms with E-state index < -0.39 is 0 Å². The Labute approximate surface area is 98.4 Å². The van der Waals surface area contributed by atoms with Crippen LogP contribution >= 0.6 is 15.9 Å². The Balaban J connectivity index is 2.54. The van der Waals surface area contributed by atoms with Crippen LogP contribution in [0.2, 0.25) is 0 Å². The molecule has 0 bridgehead atoms. The molecule has 1 aromatic carbocycles. The van der Waals surface area contributed by atoms with Crippen molar-refractivity contribution < 1.29 is 0 Å². The molecule has 0 radical (unpaired) electrons. The maximum absolute atomic E-state index is 4.41. The summed E-state index contributed by atoms with van der Waals surface area (Å²) in [5.41, 5.74) is 2.48. The van der Waals surface area contributed by atoms with Crippen LogP contribution in [0.1, 0.15) is 19.4 Å². The summed E-state index contributed by atoms with van der Waals surface area (Å²) in [4.78, 5) is 0. The molecule has 0 amide bonds. The van der Waals surface area contributed by atoms with E-state index in [1.165, 1.54) is 16.5 Å². The first-order chi connectivity index (χ1) is 7.08. The molecule has 0 aliphatic heterocycles. The van der Waals surface area contributed by atoms with Gasteiger partial charge in [0.05, 0.1) is 11.7 Å². The van der Waals surface area contributed by atoms with Gasteiger partial charge >= 0.3 is 0 Å². The molecule has 0 aliphatic carbocycles. The molecular formula is C12H15BrN2. The minimum absolute atomic E-state index is 0.622. The SMILES string of the molecule is Cc1cc2c(cnn2CC(C)C)cc1Br. The molecule has 2 aromatic rings. The average Bonchev–Trinajstić information content (AvgIpc) is 2.49. The number of rotatable bonds is 2. The molecule has 3 heteroatoms. The van der Waals surface area contributed by atoms with Gasteiger partial charge in [-0.15, -0.1) is 0 Å². The molecule has 15 heavy (non-hydrogen) atoms. The van der Waals surface area contributed by atoms with Crippen molar-refractivity contribution in [1.82, 2.24) is 9.78 Å². The zero-order chi connectivity index (χ0) is 11.0. The van der Waals surface area contributed by atoms with Gasteiger partial charge in [0.1, 0.15) is 0 Å². The van der Waals surface area contributed by atoms with Crippen LogP contribution in [0.15, 0.2) is 22.8 Å². The Morgan fingerprint density at radius 1 is 1.40 bits per heavy atom. The molecule has 0 atom stereocenters. The van der Waals surface area contributed by atoms with Crippen LogP contribution in [-0.2, 0) is 6.54 Å². The lowest BCUT2D eigenvalue weighted by Gasteiger charge is -2.07. The van der Waals surface area contributed by atoms with E-state index in [4.69, 9.17) is 0 Å². The van der Waals surface area contributed by atoms with Gasteiger partial charge in [0.25, 0.3) is 0 Å². The molecule has 1 heterocycles. The van der Waals surface area contributed by atoms with Crippen molar-refractivity contribution in [2.75, 3.05) is 0 Å². The quantitative estimate of drug-likeness (QED) is 0.810. The second-order valence-corrected chi connectivity index (χ2v) is 5.24. The van der Waals surface area contributed by atoms with Gasteiger partial charge in [-0.25, -0.2) is 0 Å². The van der Waals surface area contributed by atoms with Gasteiger partial charge in [-0.3, -0.25) is 4.68 Å². The van der Waals surface area contributed by atoms with E-state index in [9.17, 15) is 0 Å². The van der Waals surface area contributed by atoms with E-state index in [2.05, 4.69) is 58.6 Å². The lowest BCUT2D eigenvalue weighted by atomic mass is 10.2. The summed E-state index contributed by atoms with van der Waals surface area (Å²) in [6, 6.07) is 4.32. The zero-order valence-electron chi connectivity index (χ0n) is 9.29. The summed E-state index contributed by atoms with van der Waals surface area (Å²) in [6.07, 6.45) is 1.93. The van der Waals surface area contributed by atoms with Gasteiger partial charge < -0.3 is 0 Å². The minimum Gasteiger partial charge on any atom is -0.265 e. The van der Waals surface area contributed by atoms with Crippen LogP contribution in [0.25, 0.3) is 10.9 Å². The number of hydrogen-bond acceptors (Lipinski definition) is 1. The number of aromatic nitrogens is 2. The van der Waals surface area contributed by atoms with Gasteiger partial charge in [-0.05, 0) is 30.5 Å².